The van der Waals surface area contributed by atoms with E-state index in [1.807, 2.05) is 6.07 Å². The van der Waals surface area contributed by atoms with Crippen LogP contribution in [0.25, 0.3) is 0 Å². The molecule has 2 aromatic carbocycles. The standard InChI is InChI=1S/C14H12BrN3O2/c15-11-8-10(13(16)18-20)6-7-12(11)17-14(19)9-4-2-1-3-5-9/h1-8,20H,(H2,16,18)(H,17,19). The Labute approximate surface area is 124 Å². The molecular formula is C14H12BrN3O2. The minimum Gasteiger partial charge on any atom is -0.409 e. The molecule has 5 nitrogen and oxygen atoms in total. The van der Waals surface area contributed by atoms with Crippen molar-refractivity contribution in [2.24, 2.45) is 10.9 Å². The lowest BCUT2D eigenvalue weighted by molar-refractivity contribution is 0.102. The summed E-state index contributed by atoms with van der Waals surface area (Å²) in [4.78, 5) is 12.0. The highest BCUT2D eigenvalue weighted by Crippen LogP contribution is 2.24. The lowest BCUT2D eigenvalue weighted by atomic mass is 10.1. The summed E-state index contributed by atoms with van der Waals surface area (Å²) in [5, 5.41) is 14.3. The van der Waals surface area contributed by atoms with E-state index in [2.05, 4.69) is 26.4 Å². The third-order valence-electron chi connectivity index (χ3n) is 2.66. The van der Waals surface area contributed by atoms with E-state index >= 15 is 0 Å². The van der Waals surface area contributed by atoms with Crippen LogP contribution in [0.4, 0.5) is 5.69 Å². The van der Waals surface area contributed by atoms with Crippen LogP contribution in [0.1, 0.15) is 15.9 Å². The van der Waals surface area contributed by atoms with Gasteiger partial charge in [-0.1, -0.05) is 23.4 Å². The van der Waals surface area contributed by atoms with E-state index in [0.717, 1.165) is 0 Å². The van der Waals surface area contributed by atoms with E-state index in [1.165, 1.54) is 0 Å². The van der Waals surface area contributed by atoms with Crippen molar-refractivity contribution in [3.05, 3.63) is 64.1 Å². The molecule has 20 heavy (non-hydrogen) atoms. The van der Waals surface area contributed by atoms with Crippen LogP contribution in [0.15, 0.2) is 58.2 Å². The summed E-state index contributed by atoms with van der Waals surface area (Å²) >= 11 is 3.34. The van der Waals surface area contributed by atoms with Crippen molar-refractivity contribution in [2.45, 2.75) is 0 Å². The van der Waals surface area contributed by atoms with Crippen LogP contribution >= 0.6 is 15.9 Å². The molecule has 1 amide bonds. The van der Waals surface area contributed by atoms with Crippen LogP contribution in [0.2, 0.25) is 0 Å². The van der Waals surface area contributed by atoms with Gasteiger partial charge in [0.05, 0.1) is 5.69 Å². The summed E-state index contributed by atoms with van der Waals surface area (Å²) in [5.41, 5.74) is 7.22. The zero-order valence-electron chi connectivity index (χ0n) is 10.4. The second-order valence-electron chi connectivity index (χ2n) is 4.00. The van der Waals surface area contributed by atoms with Gasteiger partial charge in [0.1, 0.15) is 0 Å². The van der Waals surface area contributed by atoms with Crippen molar-refractivity contribution in [3.8, 4) is 0 Å². The Hall–Kier alpha value is -2.34. The number of benzene rings is 2. The van der Waals surface area contributed by atoms with Crippen LogP contribution in [0.5, 0.6) is 0 Å². The van der Waals surface area contributed by atoms with E-state index in [1.54, 1.807) is 42.5 Å². The lowest BCUT2D eigenvalue weighted by Crippen LogP contribution is -2.15. The number of rotatable bonds is 3. The molecule has 0 aliphatic heterocycles. The van der Waals surface area contributed by atoms with Gasteiger partial charge in [0.2, 0.25) is 0 Å². The minimum atomic E-state index is -0.206. The number of anilines is 1. The quantitative estimate of drug-likeness (QED) is 0.349. The number of amides is 1. The van der Waals surface area contributed by atoms with E-state index in [4.69, 9.17) is 10.9 Å². The predicted molar refractivity (Wildman–Crippen MR) is 81.0 cm³/mol. The molecule has 0 saturated heterocycles. The van der Waals surface area contributed by atoms with Crippen molar-refractivity contribution in [1.82, 2.24) is 0 Å². The molecule has 0 radical (unpaired) electrons. The average Bonchev–Trinajstić information content (AvgIpc) is 2.49. The van der Waals surface area contributed by atoms with Crippen LogP contribution in [-0.4, -0.2) is 17.0 Å². The first kappa shape index (κ1) is 14.1. The molecular weight excluding hydrogens is 322 g/mol. The predicted octanol–water partition coefficient (Wildman–Crippen LogP) is 2.80. The zero-order valence-corrected chi connectivity index (χ0v) is 12.0. The van der Waals surface area contributed by atoms with E-state index in [9.17, 15) is 4.79 Å². The molecule has 0 heterocycles. The summed E-state index contributed by atoms with van der Waals surface area (Å²) in [6, 6.07) is 13.9. The normalized spacial score (nSPS) is 11.2. The van der Waals surface area contributed by atoms with Gasteiger partial charge in [-0.3, -0.25) is 4.79 Å². The summed E-state index contributed by atoms with van der Waals surface area (Å²) in [7, 11) is 0. The second kappa shape index (κ2) is 6.21. The summed E-state index contributed by atoms with van der Waals surface area (Å²) in [6.45, 7) is 0. The van der Waals surface area contributed by atoms with Crippen LogP contribution in [-0.2, 0) is 0 Å². The molecule has 0 bridgehead atoms. The maximum absolute atomic E-state index is 12.0. The van der Waals surface area contributed by atoms with E-state index in [0.29, 0.717) is 21.3 Å². The second-order valence-corrected chi connectivity index (χ2v) is 4.85. The van der Waals surface area contributed by atoms with Gasteiger partial charge >= 0.3 is 0 Å². The van der Waals surface area contributed by atoms with Gasteiger partial charge in [0.25, 0.3) is 5.91 Å². The topological polar surface area (TPSA) is 87.7 Å². The van der Waals surface area contributed by atoms with Crippen molar-refractivity contribution in [3.63, 3.8) is 0 Å². The van der Waals surface area contributed by atoms with Crippen molar-refractivity contribution >= 4 is 33.4 Å². The molecule has 102 valence electrons. The molecule has 2 aromatic rings. The maximum atomic E-state index is 12.0. The highest BCUT2D eigenvalue weighted by Gasteiger charge is 2.09. The number of carbonyl (C=O) groups excluding carboxylic acids is 1. The highest BCUT2D eigenvalue weighted by molar-refractivity contribution is 9.10. The fourth-order valence-electron chi connectivity index (χ4n) is 1.62. The number of hydrogen-bond donors (Lipinski definition) is 3. The van der Waals surface area contributed by atoms with Gasteiger partial charge in [-0.05, 0) is 46.3 Å². The molecule has 2 rings (SSSR count). The van der Waals surface area contributed by atoms with Gasteiger partial charge < -0.3 is 16.3 Å². The van der Waals surface area contributed by atoms with Gasteiger partial charge in [0.15, 0.2) is 5.84 Å². The van der Waals surface area contributed by atoms with E-state index < -0.39 is 0 Å². The molecule has 0 unspecified atom stereocenters. The number of nitrogens with two attached hydrogens (primary N) is 1. The Kier molecular flexibility index (Phi) is 4.37. The number of halogens is 1. The number of nitrogens with zero attached hydrogens (tertiary/aromatic N) is 1. The largest absolute Gasteiger partial charge is 0.409 e. The minimum absolute atomic E-state index is 0.00614. The molecule has 0 aliphatic carbocycles. The molecule has 0 aliphatic rings. The monoisotopic (exact) mass is 333 g/mol. The molecule has 0 saturated carbocycles. The fraction of sp³-hybridized carbons (Fsp3) is 0. The molecule has 0 atom stereocenters. The third-order valence-corrected chi connectivity index (χ3v) is 3.31. The van der Waals surface area contributed by atoms with Crippen molar-refractivity contribution in [2.75, 3.05) is 5.32 Å². The van der Waals surface area contributed by atoms with Crippen LogP contribution in [0.3, 0.4) is 0 Å². The maximum Gasteiger partial charge on any atom is 0.255 e. The molecule has 6 heteroatoms. The fourth-order valence-corrected chi connectivity index (χ4v) is 2.10. The summed E-state index contributed by atoms with van der Waals surface area (Å²) in [5.74, 6) is -0.200. The number of amidine groups is 1. The van der Waals surface area contributed by atoms with Crippen molar-refractivity contribution < 1.29 is 10.0 Å². The van der Waals surface area contributed by atoms with E-state index in [-0.39, 0.29) is 11.7 Å². The Bertz CT molecular complexity index is 657. The first-order valence-corrected chi connectivity index (χ1v) is 6.55. The van der Waals surface area contributed by atoms with Crippen molar-refractivity contribution in [1.29, 1.82) is 0 Å². The third kappa shape index (κ3) is 3.16. The van der Waals surface area contributed by atoms with Crippen LogP contribution < -0.4 is 11.1 Å². The van der Waals surface area contributed by atoms with Gasteiger partial charge in [0, 0.05) is 15.6 Å². The smallest absolute Gasteiger partial charge is 0.255 e. The van der Waals surface area contributed by atoms with Gasteiger partial charge in [-0.15, -0.1) is 0 Å². The van der Waals surface area contributed by atoms with Gasteiger partial charge in [-0.25, -0.2) is 0 Å². The molecule has 0 fully saturated rings. The molecule has 4 N–H and O–H groups in total. The first-order chi connectivity index (χ1) is 9.61. The first-order valence-electron chi connectivity index (χ1n) is 5.75. The lowest BCUT2D eigenvalue weighted by Gasteiger charge is -2.09. The van der Waals surface area contributed by atoms with Crippen LogP contribution in [0, 0.1) is 0 Å². The number of nitrogens with one attached hydrogen (secondary N) is 1. The zero-order chi connectivity index (χ0) is 14.5. The Morgan fingerprint density at radius 1 is 1.15 bits per heavy atom. The highest BCUT2D eigenvalue weighted by atomic mass is 79.9. The average molecular weight is 334 g/mol. The number of carbonyl (C=O) groups is 1. The SMILES string of the molecule is N/C(=N/O)c1ccc(NC(=O)c2ccccc2)c(Br)c1. The number of hydrogen-bond acceptors (Lipinski definition) is 3. The number of oxime groups is 1. The summed E-state index contributed by atoms with van der Waals surface area (Å²) < 4.78 is 0.644. The van der Waals surface area contributed by atoms with Gasteiger partial charge in [-0.2, -0.15) is 0 Å². The Morgan fingerprint density at radius 2 is 1.85 bits per heavy atom. The Morgan fingerprint density at radius 3 is 2.45 bits per heavy atom. The molecule has 0 spiro atoms. The summed E-state index contributed by atoms with van der Waals surface area (Å²) in [6.07, 6.45) is 0. The molecule has 0 aromatic heterocycles. The Balaban J connectivity index is 2.21.